The van der Waals surface area contributed by atoms with Crippen molar-refractivity contribution in [1.82, 2.24) is 5.32 Å². The first-order valence-electron chi connectivity index (χ1n) is 9.71. The standard InChI is InChI=1S/C25H20N4O/c26-18-27-25(28-21-9-5-2-6-10-21)29-23-15-16-30-24-14-13-20(17-22(23)24)12-11-19-7-3-1-4-8-19/h1-10,13-14,17,23H,15-16H2,(H2,27,28,29). The molecule has 2 N–H and O–H groups in total. The third kappa shape index (κ3) is 4.79. The molecule has 1 heterocycles. The number of guanidine groups is 1. The van der Waals surface area contributed by atoms with Crippen LogP contribution in [-0.2, 0) is 0 Å². The van der Waals surface area contributed by atoms with Crippen LogP contribution in [0, 0.1) is 23.3 Å². The highest BCUT2D eigenvalue weighted by Gasteiger charge is 2.23. The molecule has 0 radical (unpaired) electrons. The molecule has 3 aromatic rings. The maximum absolute atomic E-state index is 9.10. The third-order valence-corrected chi connectivity index (χ3v) is 4.68. The largest absolute Gasteiger partial charge is 0.493 e. The number of nitrogens with one attached hydrogen (secondary N) is 2. The monoisotopic (exact) mass is 392 g/mol. The van der Waals surface area contributed by atoms with E-state index in [1.165, 1.54) is 0 Å². The van der Waals surface area contributed by atoms with Gasteiger partial charge in [-0.15, -0.1) is 4.99 Å². The number of para-hydroxylation sites is 1. The van der Waals surface area contributed by atoms with Gasteiger partial charge in [-0.3, -0.25) is 0 Å². The van der Waals surface area contributed by atoms with Gasteiger partial charge in [0, 0.05) is 28.8 Å². The van der Waals surface area contributed by atoms with Crippen LogP contribution in [0.2, 0.25) is 0 Å². The van der Waals surface area contributed by atoms with E-state index in [9.17, 15) is 0 Å². The van der Waals surface area contributed by atoms with Gasteiger partial charge in [-0.05, 0) is 42.5 Å². The highest BCUT2D eigenvalue weighted by molar-refractivity contribution is 5.94. The molecule has 0 bridgehead atoms. The first-order chi connectivity index (χ1) is 14.8. The van der Waals surface area contributed by atoms with Gasteiger partial charge in [-0.1, -0.05) is 48.2 Å². The van der Waals surface area contributed by atoms with E-state index in [-0.39, 0.29) is 6.04 Å². The van der Waals surface area contributed by atoms with Gasteiger partial charge in [-0.25, -0.2) is 0 Å². The average molecular weight is 392 g/mol. The Bertz CT molecular complexity index is 1140. The lowest BCUT2D eigenvalue weighted by Crippen LogP contribution is -2.36. The second-order valence-electron chi connectivity index (χ2n) is 6.75. The minimum absolute atomic E-state index is 0.0458. The van der Waals surface area contributed by atoms with Gasteiger partial charge in [0.2, 0.25) is 12.2 Å². The molecule has 30 heavy (non-hydrogen) atoms. The number of nitriles is 1. The van der Waals surface area contributed by atoms with Crippen molar-refractivity contribution in [2.24, 2.45) is 4.99 Å². The van der Waals surface area contributed by atoms with Crippen molar-refractivity contribution in [2.45, 2.75) is 12.5 Å². The molecule has 0 amide bonds. The molecule has 1 atom stereocenters. The van der Waals surface area contributed by atoms with Crippen molar-refractivity contribution < 1.29 is 4.74 Å². The summed E-state index contributed by atoms with van der Waals surface area (Å²) < 4.78 is 5.82. The number of hydrogen-bond acceptors (Lipinski definition) is 3. The topological polar surface area (TPSA) is 69.4 Å². The van der Waals surface area contributed by atoms with Gasteiger partial charge < -0.3 is 15.4 Å². The molecule has 0 aromatic heterocycles. The fraction of sp³-hybridized carbons (Fsp3) is 0.120. The first-order valence-corrected chi connectivity index (χ1v) is 9.71. The van der Waals surface area contributed by atoms with E-state index in [0.717, 1.165) is 34.5 Å². The number of hydrogen-bond donors (Lipinski definition) is 2. The Morgan fingerprint density at radius 1 is 0.933 bits per heavy atom. The van der Waals surface area contributed by atoms with Crippen LogP contribution in [0.5, 0.6) is 5.75 Å². The number of nitrogens with zero attached hydrogens (tertiary/aromatic N) is 2. The van der Waals surface area contributed by atoms with Gasteiger partial charge in [-0.2, -0.15) is 5.26 Å². The second-order valence-corrected chi connectivity index (χ2v) is 6.75. The van der Waals surface area contributed by atoms with Gasteiger partial charge in [0.15, 0.2) is 0 Å². The zero-order chi connectivity index (χ0) is 20.6. The number of anilines is 1. The van der Waals surface area contributed by atoms with Gasteiger partial charge >= 0.3 is 0 Å². The van der Waals surface area contributed by atoms with E-state index in [4.69, 9.17) is 10.00 Å². The van der Waals surface area contributed by atoms with Crippen LogP contribution in [0.3, 0.4) is 0 Å². The molecule has 5 nitrogen and oxygen atoms in total. The Balaban J connectivity index is 1.57. The summed E-state index contributed by atoms with van der Waals surface area (Å²) in [6.45, 7) is 0.588. The Morgan fingerprint density at radius 2 is 1.67 bits per heavy atom. The Hall–Kier alpha value is -4.22. The van der Waals surface area contributed by atoms with Crippen LogP contribution < -0.4 is 15.4 Å². The summed E-state index contributed by atoms with van der Waals surface area (Å²) in [4.78, 5) is 3.92. The smallest absolute Gasteiger partial charge is 0.212 e. The first kappa shape index (κ1) is 19.1. The summed E-state index contributed by atoms with van der Waals surface area (Å²) in [5.41, 5.74) is 3.73. The molecule has 4 rings (SSSR count). The maximum atomic E-state index is 9.10. The molecule has 0 fully saturated rings. The fourth-order valence-electron chi connectivity index (χ4n) is 3.26. The summed E-state index contributed by atoms with van der Waals surface area (Å²) in [5.74, 6) is 7.63. The second kappa shape index (κ2) is 9.32. The summed E-state index contributed by atoms with van der Waals surface area (Å²) in [7, 11) is 0. The van der Waals surface area contributed by atoms with Crippen LogP contribution in [0.1, 0.15) is 29.2 Å². The van der Waals surface area contributed by atoms with Crippen molar-refractivity contribution >= 4 is 11.6 Å². The number of ether oxygens (including phenoxy) is 1. The van der Waals surface area contributed by atoms with Crippen molar-refractivity contribution in [1.29, 1.82) is 5.26 Å². The SMILES string of the molecule is N#C/N=C(/Nc1ccccc1)NC1CCOc2ccc(C#Cc3ccccc3)cc21. The highest BCUT2D eigenvalue weighted by atomic mass is 16.5. The van der Waals surface area contributed by atoms with Crippen LogP contribution in [0.15, 0.2) is 83.9 Å². The molecule has 1 unspecified atom stereocenters. The van der Waals surface area contributed by atoms with Crippen molar-refractivity contribution in [2.75, 3.05) is 11.9 Å². The molecule has 0 saturated heterocycles. The minimum atomic E-state index is -0.0458. The molecule has 5 heteroatoms. The molecular weight excluding hydrogens is 372 g/mol. The van der Waals surface area contributed by atoms with Gasteiger partial charge in [0.25, 0.3) is 0 Å². The summed E-state index contributed by atoms with van der Waals surface area (Å²) in [6, 6.07) is 25.4. The predicted octanol–water partition coefficient (Wildman–Crippen LogP) is 4.45. The number of fused-ring (bicyclic) bond motifs is 1. The number of aliphatic imine (C=N–C) groups is 1. The number of rotatable bonds is 2. The van der Waals surface area contributed by atoms with E-state index in [1.807, 2.05) is 85.1 Å². The van der Waals surface area contributed by atoms with Crippen LogP contribution >= 0.6 is 0 Å². The molecule has 1 aliphatic heterocycles. The normalized spacial score (nSPS) is 14.9. The molecule has 0 saturated carbocycles. The van der Waals surface area contributed by atoms with E-state index in [0.29, 0.717) is 12.6 Å². The van der Waals surface area contributed by atoms with Crippen LogP contribution in [0.25, 0.3) is 0 Å². The van der Waals surface area contributed by atoms with Gasteiger partial charge in [0.05, 0.1) is 12.6 Å². The lowest BCUT2D eigenvalue weighted by Gasteiger charge is -2.28. The summed E-state index contributed by atoms with van der Waals surface area (Å²) in [5, 5.41) is 15.6. The predicted molar refractivity (Wildman–Crippen MR) is 118 cm³/mol. The minimum Gasteiger partial charge on any atom is -0.493 e. The third-order valence-electron chi connectivity index (χ3n) is 4.68. The zero-order valence-corrected chi connectivity index (χ0v) is 16.3. The summed E-state index contributed by atoms with van der Waals surface area (Å²) >= 11 is 0. The Labute approximate surface area is 176 Å². The van der Waals surface area contributed by atoms with E-state index >= 15 is 0 Å². The van der Waals surface area contributed by atoms with E-state index in [2.05, 4.69) is 27.5 Å². The molecule has 0 aliphatic carbocycles. The Kier molecular flexibility index (Phi) is 5.94. The van der Waals surface area contributed by atoms with E-state index in [1.54, 1.807) is 0 Å². The number of benzene rings is 3. The van der Waals surface area contributed by atoms with E-state index < -0.39 is 0 Å². The molecule has 1 aliphatic rings. The molecular formula is C25H20N4O. The lowest BCUT2D eigenvalue weighted by molar-refractivity contribution is 0.262. The highest BCUT2D eigenvalue weighted by Crippen LogP contribution is 2.32. The molecule has 146 valence electrons. The fourth-order valence-corrected chi connectivity index (χ4v) is 3.26. The lowest BCUT2D eigenvalue weighted by atomic mass is 9.98. The van der Waals surface area contributed by atoms with Gasteiger partial charge in [0.1, 0.15) is 5.75 Å². The summed E-state index contributed by atoms with van der Waals surface area (Å²) in [6.07, 6.45) is 2.61. The average Bonchev–Trinajstić information content (AvgIpc) is 2.79. The van der Waals surface area contributed by atoms with Crippen molar-refractivity contribution in [3.63, 3.8) is 0 Å². The quantitative estimate of drug-likeness (QED) is 0.293. The zero-order valence-electron chi connectivity index (χ0n) is 16.3. The van der Waals surface area contributed by atoms with Crippen LogP contribution in [0.4, 0.5) is 5.69 Å². The molecule has 3 aromatic carbocycles. The maximum Gasteiger partial charge on any atom is 0.212 e. The van der Waals surface area contributed by atoms with Crippen molar-refractivity contribution in [3.8, 4) is 23.8 Å². The molecule has 0 spiro atoms. The Morgan fingerprint density at radius 3 is 2.43 bits per heavy atom. The van der Waals surface area contributed by atoms with Crippen molar-refractivity contribution in [3.05, 3.63) is 95.6 Å². The van der Waals surface area contributed by atoms with Crippen LogP contribution in [-0.4, -0.2) is 12.6 Å².